The molecule has 1 N–H and O–H groups in total. The van der Waals surface area contributed by atoms with Crippen molar-refractivity contribution in [2.75, 3.05) is 19.6 Å². The summed E-state index contributed by atoms with van der Waals surface area (Å²) in [6.07, 6.45) is 5.30. The van der Waals surface area contributed by atoms with Gasteiger partial charge in [-0.1, -0.05) is 17.7 Å². The Hall–Kier alpha value is -3.17. The summed E-state index contributed by atoms with van der Waals surface area (Å²) in [6, 6.07) is 13.9. The zero-order valence-electron chi connectivity index (χ0n) is 19.5. The molecule has 0 saturated carbocycles. The maximum Gasteiger partial charge on any atom is 0.253 e. The quantitative estimate of drug-likeness (QED) is 0.532. The van der Waals surface area contributed by atoms with Gasteiger partial charge in [0.05, 0.1) is 4.90 Å². The fourth-order valence-electron chi connectivity index (χ4n) is 4.00. The van der Waals surface area contributed by atoms with E-state index in [0.29, 0.717) is 37.6 Å². The number of benzene rings is 2. The van der Waals surface area contributed by atoms with Crippen molar-refractivity contribution in [1.82, 2.24) is 19.2 Å². The van der Waals surface area contributed by atoms with E-state index in [4.69, 9.17) is 4.74 Å². The Bertz CT molecular complexity index is 1220. The molecule has 1 fully saturated rings. The summed E-state index contributed by atoms with van der Waals surface area (Å²) in [7, 11) is -1.66. The molecule has 1 saturated heterocycles. The lowest BCUT2D eigenvalue weighted by atomic mass is 9.97. The van der Waals surface area contributed by atoms with Crippen molar-refractivity contribution < 1.29 is 17.9 Å². The largest absolute Gasteiger partial charge is 0.486 e. The number of carbonyl (C=O) groups is 1. The normalized spacial score (nSPS) is 16.4. The van der Waals surface area contributed by atoms with E-state index in [0.717, 1.165) is 24.2 Å². The number of piperidine rings is 1. The highest BCUT2D eigenvalue weighted by atomic mass is 32.2. The molecular weight excluding hydrogens is 452 g/mol. The van der Waals surface area contributed by atoms with Gasteiger partial charge in [0.2, 0.25) is 10.0 Å². The first kappa shape index (κ1) is 24.0. The van der Waals surface area contributed by atoms with Gasteiger partial charge in [-0.05, 0) is 62.1 Å². The number of carbonyl (C=O) groups excluding carboxylic acids is 1. The molecule has 1 amide bonds. The Morgan fingerprint density at radius 1 is 1.15 bits per heavy atom. The standard InChI is InChI=1S/C25H30N4O4S/c1-19-5-11-23(12-6-19)34(31,32)27-16-20-4-3-14-29(17-20)25(30)21-7-9-22(10-8-21)33-18-24-26-13-15-28(24)2/h5-13,15,20,27H,3-4,14,16-18H2,1-2H3. The summed E-state index contributed by atoms with van der Waals surface area (Å²) in [5.74, 6) is 1.50. The third kappa shape index (κ3) is 5.84. The van der Waals surface area contributed by atoms with Gasteiger partial charge >= 0.3 is 0 Å². The van der Waals surface area contributed by atoms with Crippen molar-refractivity contribution >= 4 is 15.9 Å². The van der Waals surface area contributed by atoms with Crippen LogP contribution in [0.3, 0.4) is 0 Å². The average Bonchev–Trinajstić information content (AvgIpc) is 3.26. The third-order valence-electron chi connectivity index (χ3n) is 6.09. The molecule has 180 valence electrons. The second-order valence-electron chi connectivity index (χ2n) is 8.69. The molecule has 34 heavy (non-hydrogen) atoms. The molecule has 0 bridgehead atoms. The number of aryl methyl sites for hydroxylation is 2. The molecule has 9 heteroatoms. The minimum absolute atomic E-state index is 0.0539. The lowest BCUT2D eigenvalue weighted by Crippen LogP contribution is -2.43. The number of ether oxygens (including phenoxy) is 1. The molecular formula is C25H30N4O4S. The van der Waals surface area contributed by atoms with E-state index < -0.39 is 10.0 Å². The third-order valence-corrected chi connectivity index (χ3v) is 7.53. The van der Waals surface area contributed by atoms with E-state index in [1.165, 1.54) is 0 Å². The van der Waals surface area contributed by atoms with Crippen LogP contribution in [0.15, 0.2) is 65.8 Å². The first-order valence-electron chi connectivity index (χ1n) is 11.4. The van der Waals surface area contributed by atoms with Gasteiger partial charge in [0.15, 0.2) is 0 Å². The van der Waals surface area contributed by atoms with Gasteiger partial charge in [0, 0.05) is 44.6 Å². The van der Waals surface area contributed by atoms with Crippen LogP contribution in [0, 0.1) is 12.8 Å². The maximum absolute atomic E-state index is 13.0. The number of sulfonamides is 1. The number of aromatic nitrogens is 2. The molecule has 1 aliphatic rings. The van der Waals surface area contributed by atoms with Crippen LogP contribution in [0.2, 0.25) is 0 Å². The zero-order valence-corrected chi connectivity index (χ0v) is 20.3. The minimum Gasteiger partial charge on any atom is -0.486 e. The van der Waals surface area contributed by atoms with Crippen LogP contribution in [-0.2, 0) is 23.7 Å². The molecule has 2 aromatic carbocycles. The number of nitrogens with one attached hydrogen (secondary N) is 1. The monoisotopic (exact) mass is 482 g/mol. The van der Waals surface area contributed by atoms with E-state index in [-0.39, 0.29) is 16.7 Å². The van der Waals surface area contributed by atoms with Crippen molar-refractivity contribution in [3.8, 4) is 5.75 Å². The second-order valence-corrected chi connectivity index (χ2v) is 10.5. The summed E-state index contributed by atoms with van der Waals surface area (Å²) < 4.78 is 35.6. The van der Waals surface area contributed by atoms with Crippen molar-refractivity contribution in [2.24, 2.45) is 13.0 Å². The summed E-state index contributed by atoms with van der Waals surface area (Å²) in [6.45, 7) is 3.76. The Morgan fingerprint density at radius 3 is 2.56 bits per heavy atom. The number of amides is 1. The molecule has 0 radical (unpaired) electrons. The molecule has 1 unspecified atom stereocenters. The summed E-state index contributed by atoms with van der Waals surface area (Å²) in [5.41, 5.74) is 1.60. The Balaban J connectivity index is 1.31. The van der Waals surface area contributed by atoms with Crippen LogP contribution < -0.4 is 9.46 Å². The number of nitrogens with zero attached hydrogens (tertiary/aromatic N) is 3. The molecule has 1 aromatic heterocycles. The van der Waals surface area contributed by atoms with Crippen LogP contribution >= 0.6 is 0 Å². The number of hydrogen-bond acceptors (Lipinski definition) is 5. The Kier molecular flexibility index (Phi) is 7.33. The Labute approximate surface area is 200 Å². The van der Waals surface area contributed by atoms with Crippen LogP contribution in [0.4, 0.5) is 0 Å². The van der Waals surface area contributed by atoms with E-state index >= 15 is 0 Å². The van der Waals surface area contributed by atoms with Gasteiger partial charge in [-0.3, -0.25) is 4.79 Å². The molecule has 4 rings (SSSR count). The smallest absolute Gasteiger partial charge is 0.253 e. The zero-order chi connectivity index (χ0) is 24.1. The summed E-state index contributed by atoms with van der Waals surface area (Å²) >= 11 is 0. The SMILES string of the molecule is Cc1ccc(S(=O)(=O)NCC2CCCN(C(=O)c3ccc(OCc4nccn4C)cc3)C2)cc1. The van der Waals surface area contributed by atoms with Crippen LogP contribution in [0.25, 0.3) is 0 Å². The lowest BCUT2D eigenvalue weighted by Gasteiger charge is -2.33. The highest BCUT2D eigenvalue weighted by Gasteiger charge is 2.26. The minimum atomic E-state index is -3.57. The first-order chi connectivity index (χ1) is 16.3. The van der Waals surface area contributed by atoms with E-state index in [1.807, 2.05) is 24.7 Å². The van der Waals surface area contributed by atoms with Gasteiger partial charge < -0.3 is 14.2 Å². The van der Waals surface area contributed by atoms with Crippen molar-refractivity contribution in [3.63, 3.8) is 0 Å². The Morgan fingerprint density at radius 2 is 1.88 bits per heavy atom. The summed E-state index contributed by atoms with van der Waals surface area (Å²) in [4.78, 5) is 19.3. The van der Waals surface area contributed by atoms with Crippen molar-refractivity contribution in [3.05, 3.63) is 77.9 Å². The molecule has 0 aliphatic carbocycles. The lowest BCUT2D eigenvalue weighted by molar-refractivity contribution is 0.0676. The van der Waals surface area contributed by atoms with Gasteiger partial charge in [-0.15, -0.1) is 0 Å². The fraction of sp³-hybridized carbons (Fsp3) is 0.360. The van der Waals surface area contributed by atoms with Crippen LogP contribution in [0.1, 0.15) is 34.6 Å². The predicted octanol–water partition coefficient (Wildman–Crippen LogP) is 3.14. The van der Waals surface area contributed by atoms with E-state index in [2.05, 4.69) is 9.71 Å². The van der Waals surface area contributed by atoms with Gasteiger partial charge in [-0.2, -0.15) is 0 Å². The number of likely N-dealkylation sites (tertiary alicyclic amines) is 1. The number of hydrogen-bond donors (Lipinski definition) is 1. The average molecular weight is 483 g/mol. The van der Waals surface area contributed by atoms with Crippen molar-refractivity contribution in [2.45, 2.75) is 31.3 Å². The van der Waals surface area contributed by atoms with Gasteiger partial charge in [-0.25, -0.2) is 18.1 Å². The molecule has 1 aliphatic heterocycles. The predicted molar refractivity (Wildman–Crippen MR) is 129 cm³/mol. The van der Waals surface area contributed by atoms with Crippen LogP contribution in [-0.4, -0.2) is 48.4 Å². The van der Waals surface area contributed by atoms with E-state index in [1.54, 1.807) is 59.6 Å². The maximum atomic E-state index is 13.0. The topological polar surface area (TPSA) is 93.5 Å². The second kappa shape index (κ2) is 10.4. The molecule has 3 aromatic rings. The molecule has 1 atom stereocenters. The van der Waals surface area contributed by atoms with Crippen LogP contribution in [0.5, 0.6) is 5.75 Å². The first-order valence-corrected chi connectivity index (χ1v) is 12.8. The highest BCUT2D eigenvalue weighted by molar-refractivity contribution is 7.89. The molecule has 0 spiro atoms. The molecule has 2 heterocycles. The molecule has 8 nitrogen and oxygen atoms in total. The highest BCUT2D eigenvalue weighted by Crippen LogP contribution is 2.21. The number of rotatable bonds is 8. The summed E-state index contributed by atoms with van der Waals surface area (Å²) in [5, 5.41) is 0. The fourth-order valence-corrected chi connectivity index (χ4v) is 5.12. The van der Waals surface area contributed by atoms with Gasteiger partial charge in [0.1, 0.15) is 18.2 Å². The van der Waals surface area contributed by atoms with Crippen molar-refractivity contribution in [1.29, 1.82) is 0 Å². The number of imidazole rings is 1. The van der Waals surface area contributed by atoms with E-state index in [9.17, 15) is 13.2 Å². The van der Waals surface area contributed by atoms with Gasteiger partial charge in [0.25, 0.3) is 5.91 Å².